The fraction of sp³-hybridized carbons (Fsp3) is 0.357. The molecule has 88 valence electrons. The molecule has 0 saturated heterocycles. The number of hydrogen-bond acceptors (Lipinski definition) is 3. The summed E-state index contributed by atoms with van der Waals surface area (Å²) in [7, 11) is 0. The zero-order chi connectivity index (χ0) is 12.0. The van der Waals surface area contributed by atoms with E-state index >= 15 is 0 Å². The summed E-state index contributed by atoms with van der Waals surface area (Å²) in [5, 5.41) is 4.06. The van der Waals surface area contributed by atoms with Gasteiger partial charge in [0.15, 0.2) is 0 Å². The summed E-state index contributed by atoms with van der Waals surface area (Å²) >= 11 is 0. The van der Waals surface area contributed by atoms with Gasteiger partial charge in [0, 0.05) is 5.92 Å². The lowest BCUT2D eigenvalue weighted by atomic mass is 9.91. The van der Waals surface area contributed by atoms with Crippen molar-refractivity contribution in [2.75, 3.05) is 5.73 Å². The summed E-state index contributed by atoms with van der Waals surface area (Å²) in [5.41, 5.74) is 11.7. The quantitative estimate of drug-likeness (QED) is 0.816. The fourth-order valence-corrected chi connectivity index (χ4v) is 2.91. The SMILES string of the molecule is Cc1cccc2c1CC(c1nocc1N)C2C. The number of benzene rings is 1. The van der Waals surface area contributed by atoms with Crippen molar-refractivity contribution in [3.8, 4) is 0 Å². The predicted molar refractivity (Wildman–Crippen MR) is 67.0 cm³/mol. The zero-order valence-electron chi connectivity index (χ0n) is 10.1. The summed E-state index contributed by atoms with van der Waals surface area (Å²) in [6, 6.07) is 6.50. The Balaban J connectivity index is 2.05. The van der Waals surface area contributed by atoms with Crippen LogP contribution in [0.3, 0.4) is 0 Å². The normalized spacial score (nSPS) is 22.7. The average Bonchev–Trinajstić information content (AvgIpc) is 2.85. The number of aryl methyl sites for hydroxylation is 1. The van der Waals surface area contributed by atoms with Crippen LogP contribution < -0.4 is 5.73 Å². The van der Waals surface area contributed by atoms with Gasteiger partial charge < -0.3 is 10.3 Å². The maximum Gasteiger partial charge on any atom is 0.147 e. The highest BCUT2D eigenvalue weighted by molar-refractivity contribution is 5.49. The first-order valence-corrected chi connectivity index (χ1v) is 5.96. The van der Waals surface area contributed by atoms with Crippen LogP contribution in [0.2, 0.25) is 0 Å². The number of nitrogen functional groups attached to an aromatic ring is 1. The van der Waals surface area contributed by atoms with E-state index in [0.717, 1.165) is 12.1 Å². The Morgan fingerprint density at radius 1 is 1.41 bits per heavy atom. The average molecular weight is 228 g/mol. The van der Waals surface area contributed by atoms with E-state index in [1.807, 2.05) is 0 Å². The van der Waals surface area contributed by atoms with Crippen LogP contribution in [0.15, 0.2) is 29.0 Å². The summed E-state index contributed by atoms with van der Waals surface area (Å²) in [6.07, 6.45) is 2.54. The standard InChI is InChI=1S/C14H16N2O/c1-8-4-3-5-10-9(2)12(6-11(8)10)14-13(15)7-17-16-14/h3-5,7,9,12H,6,15H2,1-2H3. The molecule has 1 aromatic carbocycles. The second-order valence-electron chi connectivity index (χ2n) is 4.90. The van der Waals surface area contributed by atoms with Gasteiger partial charge in [-0.15, -0.1) is 0 Å². The minimum atomic E-state index is 0.352. The van der Waals surface area contributed by atoms with Gasteiger partial charge >= 0.3 is 0 Å². The van der Waals surface area contributed by atoms with Crippen molar-refractivity contribution in [1.29, 1.82) is 0 Å². The lowest BCUT2D eigenvalue weighted by molar-refractivity contribution is 0.401. The van der Waals surface area contributed by atoms with Crippen LogP contribution in [-0.2, 0) is 6.42 Å². The molecule has 2 N–H and O–H groups in total. The van der Waals surface area contributed by atoms with E-state index in [0.29, 0.717) is 17.5 Å². The lowest BCUT2D eigenvalue weighted by Crippen LogP contribution is -2.05. The maximum absolute atomic E-state index is 5.90. The van der Waals surface area contributed by atoms with Crippen LogP contribution in [0.4, 0.5) is 5.69 Å². The fourth-order valence-electron chi connectivity index (χ4n) is 2.91. The lowest BCUT2D eigenvalue weighted by Gasteiger charge is -2.13. The number of nitrogens with two attached hydrogens (primary N) is 1. The number of anilines is 1. The molecule has 0 fully saturated rings. The van der Waals surface area contributed by atoms with Crippen molar-refractivity contribution >= 4 is 5.69 Å². The van der Waals surface area contributed by atoms with Crippen molar-refractivity contribution < 1.29 is 4.52 Å². The molecule has 2 unspecified atom stereocenters. The molecule has 1 heterocycles. The Labute approximate surface area is 101 Å². The molecule has 1 aliphatic rings. The van der Waals surface area contributed by atoms with Crippen molar-refractivity contribution in [2.24, 2.45) is 0 Å². The van der Waals surface area contributed by atoms with Crippen molar-refractivity contribution in [3.05, 3.63) is 46.8 Å². The molecule has 1 aromatic heterocycles. The number of nitrogens with zero attached hydrogens (tertiary/aromatic N) is 1. The Morgan fingerprint density at radius 3 is 2.88 bits per heavy atom. The first kappa shape index (κ1) is 10.4. The molecular weight excluding hydrogens is 212 g/mol. The number of aromatic nitrogens is 1. The van der Waals surface area contributed by atoms with Gasteiger partial charge in [0.1, 0.15) is 12.0 Å². The topological polar surface area (TPSA) is 52.0 Å². The van der Waals surface area contributed by atoms with Gasteiger partial charge in [0.05, 0.1) is 5.69 Å². The van der Waals surface area contributed by atoms with Crippen molar-refractivity contribution in [3.63, 3.8) is 0 Å². The minimum absolute atomic E-state index is 0.352. The first-order chi connectivity index (χ1) is 8.18. The third-order valence-corrected chi connectivity index (χ3v) is 3.94. The van der Waals surface area contributed by atoms with Crippen LogP contribution in [0, 0.1) is 6.92 Å². The highest BCUT2D eigenvalue weighted by Crippen LogP contribution is 2.45. The Bertz CT molecular complexity index is 559. The van der Waals surface area contributed by atoms with Gasteiger partial charge in [-0.05, 0) is 36.0 Å². The highest BCUT2D eigenvalue weighted by Gasteiger charge is 2.33. The van der Waals surface area contributed by atoms with E-state index in [1.54, 1.807) is 0 Å². The van der Waals surface area contributed by atoms with Gasteiger partial charge in [0.25, 0.3) is 0 Å². The molecule has 3 heteroatoms. The third kappa shape index (κ3) is 1.46. The van der Waals surface area contributed by atoms with Gasteiger partial charge in [0.2, 0.25) is 0 Å². The molecule has 0 saturated carbocycles. The number of rotatable bonds is 1. The molecule has 2 atom stereocenters. The molecule has 0 radical (unpaired) electrons. The molecule has 2 aromatic rings. The summed E-state index contributed by atoms with van der Waals surface area (Å²) in [6.45, 7) is 4.41. The van der Waals surface area contributed by atoms with E-state index in [2.05, 4.69) is 37.2 Å². The minimum Gasteiger partial charge on any atom is -0.395 e. The number of hydrogen-bond donors (Lipinski definition) is 1. The Morgan fingerprint density at radius 2 is 2.24 bits per heavy atom. The van der Waals surface area contributed by atoms with Gasteiger partial charge in [-0.1, -0.05) is 30.3 Å². The second-order valence-corrected chi connectivity index (χ2v) is 4.90. The van der Waals surface area contributed by atoms with E-state index < -0.39 is 0 Å². The predicted octanol–water partition coefficient (Wildman–Crippen LogP) is 3.01. The van der Waals surface area contributed by atoms with Crippen LogP contribution in [-0.4, -0.2) is 5.16 Å². The zero-order valence-corrected chi connectivity index (χ0v) is 10.1. The molecule has 17 heavy (non-hydrogen) atoms. The van der Waals surface area contributed by atoms with Crippen LogP contribution in [0.1, 0.15) is 41.1 Å². The second kappa shape index (κ2) is 3.62. The third-order valence-electron chi connectivity index (χ3n) is 3.94. The first-order valence-electron chi connectivity index (χ1n) is 5.96. The molecule has 0 spiro atoms. The molecule has 3 nitrogen and oxygen atoms in total. The molecule has 3 rings (SSSR count). The van der Waals surface area contributed by atoms with E-state index in [1.165, 1.54) is 23.0 Å². The molecule has 0 amide bonds. The van der Waals surface area contributed by atoms with Gasteiger partial charge in [-0.25, -0.2) is 0 Å². The Kier molecular flexibility index (Phi) is 2.21. The Hall–Kier alpha value is -1.77. The van der Waals surface area contributed by atoms with E-state index in [9.17, 15) is 0 Å². The summed E-state index contributed by atoms with van der Waals surface area (Å²) in [4.78, 5) is 0. The molecule has 1 aliphatic carbocycles. The van der Waals surface area contributed by atoms with E-state index in [-0.39, 0.29) is 0 Å². The van der Waals surface area contributed by atoms with Crippen molar-refractivity contribution in [1.82, 2.24) is 5.16 Å². The van der Waals surface area contributed by atoms with Crippen LogP contribution in [0.5, 0.6) is 0 Å². The largest absolute Gasteiger partial charge is 0.395 e. The summed E-state index contributed by atoms with van der Waals surface area (Å²) < 4.78 is 4.96. The molecule has 0 aliphatic heterocycles. The maximum atomic E-state index is 5.90. The van der Waals surface area contributed by atoms with Gasteiger partial charge in [-0.2, -0.15) is 0 Å². The smallest absolute Gasteiger partial charge is 0.147 e. The molecular formula is C14H16N2O. The summed E-state index contributed by atoms with van der Waals surface area (Å²) in [5.74, 6) is 0.808. The monoisotopic (exact) mass is 228 g/mol. The van der Waals surface area contributed by atoms with Gasteiger partial charge in [-0.3, -0.25) is 0 Å². The van der Waals surface area contributed by atoms with Crippen LogP contribution >= 0.6 is 0 Å². The van der Waals surface area contributed by atoms with Crippen molar-refractivity contribution in [2.45, 2.75) is 32.1 Å². The molecule has 0 bridgehead atoms. The number of fused-ring (bicyclic) bond motifs is 1. The van der Waals surface area contributed by atoms with E-state index in [4.69, 9.17) is 10.3 Å². The van der Waals surface area contributed by atoms with Crippen LogP contribution in [0.25, 0.3) is 0 Å². The highest BCUT2D eigenvalue weighted by atomic mass is 16.5.